The molecule has 3 rings (SSSR count). The Morgan fingerprint density at radius 3 is 2.70 bits per heavy atom. The van der Waals surface area contributed by atoms with Crippen molar-refractivity contribution in [3.63, 3.8) is 0 Å². The zero-order valence-electron chi connectivity index (χ0n) is 16.8. The quantitative estimate of drug-likeness (QED) is 0.307. The molecule has 0 N–H and O–H groups in total. The maximum Gasteiger partial charge on any atom is 0.283 e. The number of hydrogen-bond acceptors (Lipinski definition) is 7. The lowest BCUT2D eigenvalue weighted by atomic mass is 10.2. The fourth-order valence-corrected chi connectivity index (χ4v) is 4.07. The van der Waals surface area contributed by atoms with Gasteiger partial charge in [-0.05, 0) is 25.1 Å². The number of para-hydroxylation sites is 1. The molecule has 0 aliphatic carbocycles. The summed E-state index contributed by atoms with van der Waals surface area (Å²) >= 11 is 1.20. The van der Waals surface area contributed by atoms with Crippen LogP contribution >= 0.6 is 11.3 Å². The highest BCUT2D eigenvalue weighted by atomic mass is 32.1. The largest absolute Gasteiger partial charge is 0.493 e. The van der Waals surface area contributed by atoms with E-state index in [0.29, 0.717) is 40.8 Å². The van der Waals surface area contributed by atoms with E-state index in [-0.39, 0.29) is 11.3 Å². The van der Waals surface area contributed by atoms with Gasteiger partial charge in [0.05, 0.1) is 41.5 Å². The second-order valence-corrected chi connectivity index (χ2v) is 7.11. The average molecular weight is 431 g/mol. The number of non-ortho nitro benzene ring substituents is 1. The van der Waals surface area contributed by atoms with Gasteiger partial charge < -0.3 is 18.8 Å². The molecule has 0 radical (unpaired) electrons. The first-order valence-electron chi connectivity index (χ1n) is 9.15. The van der Waals surface area contributed by atoms with Crippen LogP contribution in [0.2, 0.25) is 0 Å². The zero-order valence-corrected chi connectivity index (χ0v) is 17.6. The lowest BCUT2D eigenvalue weighted by Gasteiger charge is -2.10. The van der Waals surface area contributed by atoms with Crippen LogP contribution in [0.4, 0.5) is 5.69 Å². The number of carbonyl (C=O) groups is 1. The van der Waals surface area contributed by atoms with E-state index < -0.39 is 10.8 Å². The third-order valence-electron chi connectivity index (χ3n) is 4.37. The van der Waals surface area contributed by atoms with Gasteiger partial charge in [-0.2, -0.15) is 4.99 Å². The number of carbonyl (C=O) groups excluding carboxylic acids is 1. The normalized spacial score (nSPS) is 11.6. The Morgan fingerprint density at radius 1 is 1.23 bits per heavy atom. The summed E-state index contributed by atoms with van der Waals surface area (Å²) in [6, 6.07) is 9.55. The van der Waals surface area contributed by atoms with Gasteiger partial charge in [0, 0.05) is 25.3 Å². The number of nitro groups is 1. The molecule has 0 atom stereocenters. The predicted molar refractivity (Wildman–Crippen MR) is 112 cm³/mol. The summed E-state index contributed by atoms with van der Waals surface area (Å²) in [5.41, 5.74) is 0.985. The maximum atomic E-state index is 12.9. The number of benzene rings is 2. The zero-order chi connectivity index (χ0) is 21.7. The molecule has 0 saturated carbocycles. The van der Waals surface area contributed by atoms with Gasteiger partial charge in [-0.25, -0.2) is 0 Å². The molecule has 158 valence electrons. The minimum Gasteiger partial charge on any atom is -0.493 e. The monoisotopic (exact) mass is 431 g/mol. The van der Waals surface area contributed by atoms with E-state index >= 15 is 0 Å². The summed E-state index contributed by atoms with van der Waals surface area (Å²) in [5, 5.41) is 11.1. The van der Waals surface area contributed by atoms with Gasteiger partial charge in [-0.1, -0.05) is 17.4 Å². The topological polar surface area (TPSA) is 105 Å². The highest BCUT2D eigenvalue weighted by molar-refractivity contribution is 7.16. The van der Waals surface area contributed by atoms with E-state index in [4.69, 9.17) is 14.2 Å². The van der Waals surface area contributed by atoms with Crippen molar-refractivity contribution >= 4 is 33.1 Å². The number of ether oxygens (including phenoxy) is 3. The molecule has 0 unspecified atom stereocenters. The average Bonchev–Trinajstić information content (AvgIpc) is 3.09. The van der Waals surface area contributed by atoms with Crippen molar-refractivity contribution in [2.75, 3.05) is 27.4 Å². The number of amides is 1. The molecular formula is C20H21N3O6S. The molecule has 1 amide bonds. The fraction of sp³-hybridized carbons (Fsp3) is 0.300. The fourth-order valence-electron chi connectivity index (χ4n) is 2.98. The Kier molecular flexibility index (Phi) is 6.80. The summed E-state index contributed by atoms with van der Waals surface area (Å²) < 4.78 is 18.5. The first-order valence-corrected chi connectivity index (χ1v) is 9.97. The first kappa shape index (κ1) is 21.5. The number of methoxy groups -OCH3 is 2. The van der Waals surface area contributed by atoms with Crippen LogP contribution in [0, 0.1) is 10.1 Å². The highest BCUT2D eigenvalue weighted by Gasteiger charge is 2.17. The van der Waals surface area contributed by atoms with Crippen molar-refractivity contribution in [2.24, 2.45) is 4.99 Å². The molecule has 1 aromatic heterocycles. The Balaban J connectivity index is 2.13. The lowest BCUT2D eigenvalue weighted by molar-refractivity contribution is -0.384. The molecule has 30 heavy (non-hydrogen) atoms. The van der Waals surface area contributed by atoms with Crippen LogP contribution in [0.25, 0.3) is 10.2 Å². The summed E-state index contributed by atoms with van der Waals surface area (Å²) in [6.07, 6.45) is 0. The van der Waals surface area contributed by atoms with E-state index in [2.05, 4.69) is 4.99 Å². The van der Waals surface area contributed by atoms with Crippen LogP contribution in [0.1, 0.15) is 17.3 Å². The standard InChI is InChI=1S/C20H21N3O6S/c1-4-29-11-10-22-15-9-8-13(23(25)26)12-17(15)30-20(22)21-19(24)14-6-5-7-16(27-2)18(14)28-3/h5-9,12H,4,10-11H2,1-3H3. The summed E-state index contributed by atoms with van der Waals surface area (Å²) in [7, 11) is 2.94. The van der Waals surface area contributed by atoms with Crippen LogP contribution in [0.3, 0.4) is 0 Å². The number of hydrogen-bond donors (Lipinski definition) is 0. The lowest BCUT2D eigenvalue weighted by Crippen LogP contribution is -2.20. The maximum absolute atomic E-state index is 12.9. The molecule has 0 bridgehead atoms. The van der Waals surface area contributed by atoms with Crippen molar-refractivity contribution in [2.45, 2.75) is 13.5 Å². The molecule has 0 aliphatic heterocycles. The number of aromatic nitrogens is 1. The third-order valence-corrected chi connectivity index (χ3v) is 5.41. The molecular weight excluding hydrogens is 410 g/mol. The SMILES string of the molecule is CCOCCn1c(=NC(=O)c2cccc(OC)c2OC)sc2cc([N+](=O)[O-])ccc21. The summed E-state index contributed by atoms with van der Waals surface area (Å²) in [5.74, 6) is 0.220. The number of thiazole rings is 1. The molecule has 9 nitrogen and oxygen atoms in total. The Labute approximate surface area is 176 Å². The minimum absolute atomic E-state index is 0.0203. The van der Waals surface area contributed by atoms with Crippen LogP contribution in [-0.2, 0) is 11.3 Å². The summed E-state index contributed by atoms with van der Waals surface area (Å²) in [4.78, 5) is 28.3. The van der Waals surface area contributed by atoms with Gasteiger partial charge in [-0.15, -0.1) is 0 Å². The van der Waals surface area contributed by atoms with Crippen molar-refractivity contribution < 1.29 is 23.9 Å². The Hall–Kier alpha value is -3.24. The molecule has 0 spiro atoms. The van der Waals surface area contributed by atoms with Gasteiger partial charge in [-0.3, -0.25) is 14.9 Å². The van der Waals surface area contributed by atoms with E-state index in [1.807, 2.05) is 11.5 Å². The van der Waals surface area contributed by atoms with Gasteiger partial charge >= 0.3 is 0 Å². The summed E-state index contributed by atoms with van der Waals surface area (Å²) in [6.45, 7) is 3.32. The van der Waals surface area contributed by atoms with Crippen LogP contribution in [-0.4, -0.2) is 42.8 Å². The van der Waals surface area contributed by atoms with Crippen LogP contribution in [0.5, 0.6) is 11.5 Å². The highest BCUT2D eigenvalue weighted by Crippen LogP contribution is 2.31. The van der Waals surface area contributed by atoms with Gasteiger partial charge in [0.15, 0.2) is 16.3 Å². The minimum atomic E-state index is -0.503. The van der Waals surface area contributed by atoms with Crippen molar-refractivity contribution in [1.82, 2.24) is 4.57 Å². The predicted octanol–water partition coefficient (Wildman–Crippen LogP) is 3.41. The number of nitro benzene ring substituents is 1. The van der Waals surface area contributed by atoms with Crippen LogP contribution in [0.15, 0.2) is 41.4 Å². The van der Waals surface area contributed by atoms with Crippen molar-refractivity contribution in [1.29, 1.82) is 0 Å². The smallest absolute Gasteiger partial charge is 0.283 e. The van der Waals surface area contributed by atoms with E-state index in [1.165, 1.54) is 37.7 Å². The molecule has 0 fully saturated rings. The molecule has 1 heterocycles. The molecule has 0 aliphatic rings. The van der Waals surface area contributed by atoms with E-state index in [1.54, 1.807) is 24.3 Å². The van der Waals surface area contributed by atoms with Gasteiger partial charge in [0.1, 0.15) is 0 Å². The van der Waals surface area contributed by atoms with E-state index in [0.717, 1.165) is 5.52 Å². The Bertz CT molecular complexity index is 1150. The molecule has 10 heteroatoms. The van der Waals surface area contributed by atoms with Gasteiger partial charge in [0.2, 0.25) is 0 Å². The first-order chi connectivity index (χ1) is 14.5. The third kappa shape index (κ3) is 4.34. The van der Waals surface area contributed by atoms with Crippen LogP contribution < -0.4 is 14.3 Å². The Morgan fingerprint density at radius 2 is 2.03 bits per heavy atom. The second kappa shape index (κ2) is 9.51. The molecule has 3 aromatic rings. The number of fused-ring (bicyclic) bond motifs is 1. The van der Waals surface area contributed by atoms with Crippen molar-refractivity contribution in [3.05, 3.63) is 56.9 Å². The van der Waals surface area contributed by atoms with E-state index in [9.17, 15) is 14.9 Å². The number of rotatable bonds is 8. The number of nitrogens with zero attached hydrogens (tertiary/aromatic N) is 3. The molecule has 2 aromatic carbocycles. The van der Waals surface area contributed by atoms with Gasteiger partial charge in [0.25, 0.3) is 11.6 Å². The second-order valence-electron chi connectivity index (χ2n) is 6.10. The van der Waals surface area contributed by atoms with Crippen molar-refractivity contribution in [3.8, 4) is 11.5 Å². The molecule has 0 saturated heterocycles.